The van der Waals surface area contributed by atoms with Gasteiger partial charge in [0.2, 0.25) is 0 Å². The highest BCUT2D eigenvalue weighted by atomic mass is 32.1. The molecule has 1 aromatic carbocycles. The van der Waals surface area contributed by atoms with Gasteiger partial charge in [-0.05, 0) is 26.0 Å². The highest BCUT2D eigenvalue weighted by Gasteiger charge is 2.11. The van der Waals surface area contributed by atoms with E-state index in [1.807, 2.05) is 24.3 Å². The molecular weight excluding hydrogens is 270 g/mol. The molecule has 5 heteroatoms. The maximum Gasteiger partial charge on any atom is 0.194 e. The van der Waals surface area contributed by atoms with Crippen molar-refractivity contribution in [2.24, 2.45) is 0 Å². The van der Waals surface area contributed by atoms with Crippen LogP contribution in [-0.4, -0.2) is 16.5 Å². The van der Waals surface area contributed by atoms with Gasteiger partial charge in [0.1, 0.15) is 5.75 Å². The van der Waals surface area contributed by atoms with Gasteiger partial charge in [-0.2, -0.15) is 0 Å². The summed E-state index contributed by atoms with van der Waals surface area (Å²) < 4.78 is 7.45. The van der Waals surface area contributed by atoms with E-state index in [4.69, 9.17) is 4.74 Å². The number of nitrogens with zero attached hydrogens (tertiary/aromatic N) is 2. The van der Waals surface area contributed by atoms with Crippen molar-refractivity contribution in [3.63, 3.8) is 0 Å². The van der Waals surface area contributed by atoms with E-state index in [1.165, 1.54) is 11.4 Å². The van der Waals surface area contributed by atoms with E-state index >= 15 is 0 Å². The molecule has 0 fully saturated rings. The molecule has 2 aromatic heterocycles. The summed E-state index contributed by atoms with van der Waals surface area (Å²) in [6.45, 7) is 4.92. The molecule has 0 bridgehead atoms. The minimum Gasteiger partial charge on any atom is -0.497 e. The first-order chi connectivity index (χ1) is 9.69. The predicted molar refractivity (Wildman–Crippen MR) is 82.9 cm³/mol. The monoisotopic (exact) mass is 287 g/mol. The Morgan fingerprint density at radius 1 is 1.35 bits per heavy atom. The zero-order valence-electron chi connectivity index (χ0n) is 11.8. The van der Waals surface area contributed by atoms with Crippen molar-refractivity contribution in [2.45, 2.75) is 20.4 Å². The quantitative estimate of drug-likeness (QED) is 0.796. The lowest BCUT2D eigenvalue weighted by Crippen LogP contribution is -2.04. The van der Waals surface area contributed by atoms with E-state index in [0.29, 0.717) is 0 Å². The van der Waals surface area contributed by atoms with Crippen molar-refractivity contribution in [2.75, 3.05) is 12.4 Å². The van der Waals surface area contributed by atoms with Crippen LogP contribution in [0.25, 0.3) is 4.96 Å². The molecule has 0 spiro atoms. The third-order valence-corrected chi connectivity index (χ3v) is 4.30. The number of rotatable bonds is 4. The third kappa shape index (κ3) is 2.25. The Kier molecular flexibility index (Phi) is 3.36. The van der Waals surface area contributed by atoms with Crippen LogP contribution in [0.3, 0.4) is 0 Å². The lowest BCUT2D eigenvalue weighted by Gasteiger charge is -2.09. The first-order valence-corrected chi connectivity index (χ1v) is 7.37. The number of methoxy groups -OCH3 is 1. The normalized spacial score (nSPS) is 10.9. The van der Waals surface area contributed by atoms with Crippen molar-refractivity contribution >= 4 is 22.0 Å². The molecule has 104 valence electrons. The summed E-state index contributed by atoms with van der Waals surface area (Å²) in [5, 5.41) is 5.57. The molecule has 0 atom stereocenters. The van der Waals surface area contributed by atoms with Gasteiger partial charge in [0.15, 0.2) is 4.96 Å². The van der Waals surface area contributed by atoms with Crippen LogP contribution >= 0.6 is 11.3 Å². The van der Waals surface area contributed by atoms with Crippen LogP contribution in [0.5, 0.6) is 5.75 Å². The summed E-state index contributed by atoms with van der Waals surface area (Å²) >= 11 is 1.68. The number of imidazole rings is 1. The van der Waals surface area contributed by atoms with E-state index in [-0.39, 0.29) is 0 Å². The smallest absolute Gasteiger partial charge is 0.194 e. The molecule has 4 nitrogen and oxygen atoms in total. The summed E-state index contributed by atoms with van der Waals surface area (Å²) in [5.41, 5.74) is 4.57. The number of hydrogen-bond donors (Lipinski definition) is 1. The Morgan fingerprint density at radius 2 is 2.20 bits per heavy atom. The minimum absolute atomic E-state index is 0.748. The molecule has 0 radical (unpaired) electrons. The number of fused-ring (bicyclic) bond motifs is 1. The first kappa shape index (κ1) is 13.0. The van der Waals surface area contributed by atoms with Gasteiger partial charge in [-0.3, -0.25) is 4.40 Å². The Bertz CT molecular complexity index is 745. The second-order valence-electron chi connectivity index (χ2n) is 4.72. The van der Waals surface area contributed by atoms with E-state index in [9.17, 15) is 0 Å². The van der Waals surface area contributed by atoms with Gasteiger partial charge in [0.25, 0.3) is 0 Å². The molecule has 0 amide bonds. The van der Waals surface area contributed by atoms with E-state index < -0.39 is 0 Å². The average Bonchev–Trinajstić information content (AvgIpc) is 2.96. The molecule has 0 saturated carbocycles. The number of aryl methyl sites for hydroxylation is 2. The zero-order valence-corrected chi connectivity index (χ0v) is 12.6. The Morgan fingerprint density at radius 3 is 3.00 bits per heavy atom. The largest absolute Gasteiger partial charge is 0.497 e. The standard InChI is InChI=1S/C15H17N3OS/c1-10-9-20-15-17-11(2)14(18(10)15)8-16-12-5-4-6-13(7-12)19-3/h4-7,9,16H,8H2,1-3H3. The fourth-order valence-corrected chi connectivity index (χ4v) is 3.23. The number of hydrogen-bond acceptors (Lipinski definition) is 4. The predicted octanol–water partition coefficient (Wildman–Crippen LogP) is 3.63. The van der Waals surface area contributed by atoms with Crippen LogP contribution in [0.1, 0.15) is 17.1 Å². The van der Waals surface area contributed by atoms with Gasteiger partial charge < -0.3 is 10.1 Å². The van der Waals surface area contributed by atoms with Crippen LogP contribution in [0, 0.1) is 13.8 Å². The second-order valence-corrected chi connectivity index (χ2v) is 5.56. The van der Waals surface area contributed by atoms with Gasteiger partial charge >= 0.3 is 0 Å². The molecule has 0 aliphatic rings. The topological polar surface area (TPSA) is 38.6 Å². The maximum absolute atomic E-state index is 5.24. The minimum atomic E-state index is 0.748. The molecular formula is C15H17N3OS. The molecule has 3 rings (SSSR count). The lowest BCUT2D eigenvalue weighted by molar-refractivity contribution is 0.415. The van der Waals surface area contributed by atoms with Crippen molar-refractivity contribution in [1.29, 1.82) is 0 Å². The van der Waals surface area contributed by atoms with Crippen LogP contribution < -0.4 is 10.1 Å². The number of benzene rings is 1. The Labute approximate surface area is 122 Å². The Hall–Kier alpha value is -2.01. The molecule has 0 aliphatic heterocycles. The fourth-order valence-electron chi connectivity index (χ4n) is 2.29. The van der Waals surface area contributed by atoms with E-state index in [0.717, 1.165) is 28.6 Å². The third-order valence-electron chi connectivity index (χ3n) is 3.36. The first-order valence-electron chi connectivity index (χ1n) is 6.49. The van der Waals surface area contributed by atoms with Gasteiger partial charge in [0, 0.05) is 22.8 Å². The molecule has 0 aliphatic carbocycles. The summed E-state index contributed by atoms with van der Waals surface area (Å²) in [5.74, 6) is 0.858. The number of nitrogens with one attached hydrogen (secondary N) is 1. The van der Waals surface area contributed by atoms with Crippen LogP contribution in [0.2, 0.25) is 0 Å². The van der Waals surface area contributed by atoms with Crippen molar-refractivity contribution in [3.05, 3.63) is 46.7 Å². The summed E-state index contributed by atoms with van der Waals surface area (Å²) in [6.07, 6.45) is 0. The summed E-state index contributed by atoms with van der Waals surface area (Å²) in [4.78, 5) is 5.65. The maximum atomic E-state index is 5.24. The number of ether oxygens (including phenoxy) is 1. The molecule has 0 unspecified atom stereocenters. The molecule has 0 saturated heterocycles. The number of anilines is 1. The summed E-state index contributed by atoms with van der Waals surface area (Å²) in [7, 11) is 1.68. The molecule has 2 heterocycles. The molecule has 3 aromatic rings. The molecule has 1 N–H and O–H groups in total. The average molecular weight is 287 g/mol. The van der Waals surface area contributed by atoms with E-state index in [2.05, 4.69) is 33.9 Å². The zero-order chi connectivity index (χ0) is 14.1. The Balaban J connectivity index is 1.86. The lowest BCUT2D eigenvalue weighted by atomic mass is 10.2. The van der Waals surface area contributed by atoms with Gasteiger partial charge in [-0.25, -0.2) is 4.98 Å². The van der Waals surface area contributed by atoms with Crippen molar-refractivity contribution in [1.82, 2.24) is 9.38 Å². The van der Waals surface area contributed by atoms with E-state index in [1.54, 1.807) is 18.4 Å². The van der Waals surface area contributed by atoms with Gasteiger partial charge in [-0.15, -0.1) is 11.3 Å². The highest BCUT2D eigenvalue weighted by molar-refractivity contribution is 7.15. The van der Waals surface area contributed by atoms with Crippen molar-refractivity contribution in [3.8, 4) is 5.75 Å². The van der Waals surface area contributed by atoms with Crippen LogP contribution in [0.15, 0.2) is 29.6 Å². The van der Waals surface area contributed by atoms with Crippen molar-refractivity contribution < 1.29 is 4.74 Å². The van der Waals surface area contributed by atoms with Gasteiger partial charge in [0.05, 0.1) is 25.0 Å². The number of thiazole rings is 1. The number of aromatic nitrogens is 2. The van der Waals surface area contributed by atoms with Crippen LogP contribution in [0.4, 0.5) is 5.69 Å². The molecule has 20 heavy (non-hydrogen) atoms. The van der Waals surface area contributed by atoms with Gasteiger partial charge in [-0.1, -0.05) is 6.07 Å². The fraction of sp³-hybridized carbons (Fsp3) is 0.267. The highest BCUT2D eigenvalue weighted by Crippen LogP contribution is 2.22. The summed E-state index contributed by atoms with van der Waals surface area (Å²) in [6, 6.07) is 7.96. The van der Waals surface area contributed by atoms with Crippen LogP contribution in [-0.2, 0) is 6.54 Å². The SMILES string of the molecule is COc1cccc(NCc2c(C)nc3scc(C)n23)c1. The second kappa shape index (κ2) is 5.17.